The number of hydrogen-bond donors (Lipinski definition) is 1. The van der Waals surface area contributed by atoms with Crippen LogP contribution in [0.1, 0.15) is 5.69 Å². The predicted octanol–water partition coefficient (Wildman–Crippen LogP) is 2.87. The van der Waals surface area contributed by atoms with Crippen LogP contribution in [-0.2, 0) is 6.61 Å². The zero-order chi connectivity index (χ0) is 11.7. The standard InChI is InChI=1S/C10H7BrFIN2O/c11-10-4-7(5-16)15(14-10)9-2-1-6(12)3-8(9)13/h1-4,16H,5H2. The van der Waals surface area contributed by atoms with Crippen molar-refractivity contribution in [3.05, 3.63) is 43.9 Å². The Morgan fingerprint density at radius 1 is 1.44 bits per heavy atom. The number of aromatic nitrogens is 2. The summed E-state index contributed by atoms with van der Waals surface area (Å²) < 4.78 is 15.9. The van der Waals surface area contributed by atoms with E-state index in [1.165, 1.54) is 12.1 Å². The van der Waals surface area contributed by atoms with E-state index >= 15 is 0 Å². The van der Waals surface area contributed by atoms with E-state index in [1.807, 2.05) is 22.6 Å². The Morgan fingerprint density at radius 3 is 2.81 bits per heavy atom. The second-order valence-corrected chi connectivity index (χ2v) is 5.10. The summed E-state index contributed by atoms with van der Waals surface area (Å²) in [6.45, 7) is -0.119. The number of nitrogens with zero attached hydrogens (tertiary/aromatic N) is 2. The maximum Gasteiger partial charge on any atom is 0.128 e. The lowest BCUT2D eigenvalue weighted by Crippen LogP contribution is -2.04. The minimum atomic E-state index is -0.287. The average Bonchev–Trinajstić information content (AvgIpc) is 2.59. The quantitative estimate of drug-likeness (QED) is 0.792. The lowest BCUT2D eigenvalue weighted by Gasteiger charge is -2.07. The minimum absolute atomic E-state index is 0.119. The smallest absolute Gasteiger partial charge is 0.128 e. The molecule has 0 unspecified atom stereocenters. The van der Waals surface area contributed by atoms with Crippen LogP contribution in [0.3, 0.4) is 0 Å². The zero-order valence-corrected chi connectivity index (χ0v) is 11.7. The summed E-state index contributed by atoms with van der Waals surface area (Å²) in [5.74, 6) is -0.287. The first-order valence-corrected chi connectivity index (χ1v) is 6.29. The van der Waals surface area contributed by atoms with Gasteiger partial charge < -0.3 is 5.11 Å². The highest BCUT2D eigenvalue weighted by Gasteiger charge is 2.10. The fourth-order valence-corrected chi connectivity index (χ4v) is 2.49. The van der Waals surface area contributed by atoms with Crippen molar-refractivity contribution in [1.82, 2.24) is 9.78 Å². The maximum atomic E-state index is 13.0. The Hall–Kier alpha value is -0.470. The summed E-state index contributed by atoms with van der Waals surface area (Å²) >= 11 is 5.27. The summed E-state index contributed by atoms with van der Waals surface area (Å²) in [5.41, 5.74) is 1.40. The molecule has 0 aliphatic heterocycles. The second-order valence-electron chi connectivity index (χ2n) is 3.12. The molecular weight excluding hydrogens is 390 g/mol. The first kappa shape index (κ1) is 12.0. The number of aliphatic hydroxyl groups excluding tert-OH is 1. The molecule has 0 radical (unpaired) electrons. The Bertz CT molecular complexity index is 530. The lowest BCUT2D eigenvalue weighted by atomic mass is 10.3. The molecule has 0 amide bonds. The molecule has 0 fully saturated rings. The van der Waals surface area contributed by atoms with Gasteiger partial charge in [-0.25, -0.2) is 9.07 Å². The molecule has 2 rings (SSSR count). The van der Waals surface area contributed by atoms with E-state index in [0.717, 1.165) is 9.26 Å². The van der Waals surface area contributed by atoms with Crippen molar-refractivity contribution >= 4 is 38.5 Å². The molecule has 84 valence electrons. The molecule has 16 heavy (non-hydrogen) atoms. The molecule has 6 heteroatoms. The number of aliphatic hydroxyl groups is 1. The molecule has 3 nitrogen and oxygen atoms in total. The fraction of sp³-hybridized carbons (Fsp3) is 0.100. The highest BCUT2D eigenvalue weighted by molar-refractivity contribution is 14.1. The molecular formula is C10H7BrFIN2O. The molecule has 0 aliphatic rings. The van der Waals surface area contributed by atoms with Gasteiger partial charge in [0.2, 0.25) is 0 Å². The third-order valence-electron chi connectivity index (χ3n) is 2.05. The summed E-state index contributed by atoms with van der Waals surface area (Å²) in [7, 11) is 0. The van der Waals surface area contributed by atoms with Crippen LogP contribution in [0.4, 0.5) is 4.39 Å². The van der Waals surface area contributed by atoms with Gasteiger partial charge in [-0.2, -0.15) is 5.10 Å². The first-order valence-electron chi connectivity index (χ1n) is 4.42. The Morgan fingerprint density at radius 2 is 2.19 bits per heavy atom. The highest BCUT2D eigenvalue weighted by Crippen LogP contribution is 2.21. The van der Waals surface area contributed by atoms with Crippen LogP contribution in [0.25, 0.3) is 5.69 Å². The third-order valence-corrected chi connectivity index (χ3v) is 3.30. The van der Waals surface area contributed by atoms with Crippen LogP contribution in [0, 0.1) is 9.39 Å². The molecule has 1 N–H and O–H groups in total. The van der Waals surface area contributed by atoms with Crippen molar-refractivity contribution in [2.24, 2.45) is 0 Å². The molecule has 0 atom stereocenters. The van der Waals surface area contributed by atoms with E-state index in [0.29, 0.717) is 10.3 Å². The van der Waals surface area contributed by atoms with Gasteiger partial charge in [-0.1, -0.05) is 0 Å². The van der Waals surface area contributed by atoms with Gasteiger partial charge in [0, 0.05) is 3.57 Å². The van der Waals surface area contributed by atoms with Gasteiger partial charge in [-0.15, -0.1) is 0 Å². The molecule has 2 aromatic rings. The summed E-state index contributed by atoms with van der Waals surface area (Å²) in [5, 5.41) is 13.4. The van der Waals surface area contributed by atoms with Crippen LogP contribution in [-0.4, -0.2) is 14.9 Å². The van der Waals surface area contributed by atoms with Crippen LogP contribution in [0.2, 0.25) is 0 Å². The monoisotopic (exact) mass is 396 g/mol. The Kier molecular flexibility index (Phi) is 3.60. The largest absolute Gasteiger partial charge is 0.390 e. The number of rotatable bonds is 2. The molecule has 0 saturated heterocycles. The Labute approximate surface area is 114 Å². The summed E-state index contributed by atoms with van der Waals surface area (Å²) in [6, 6.07) is 6.15. The van der Waals surface area contributed by atoms with Crippen LogP contribution < -0.4 is 0 Å². The molecule has 1 aromatic carbocycles. The second kappa shape index (κ2) is 4.80. The van der Waals surface area contributed by atoms with Gasteiger partial charge in [0.15, 0.2) is 0 Å². The van der Waals surface area contributed by atoms with Crippen LogP contribution in [0.15, 0.2) is 28.9 Å². The molecule has 0 spiro atoms. The lowest BCUT2D eigenvalue weighted by molar-refractivity contribution is 0.273. The minimum Gasteiger partial charge on any atom is -0.390 e. The average molecular weight is 397 g/mol. The third kappa shape index (κ3) is 2.28. The van der Waals surface area contributed by atoms with Gasteiger partial charge in [-0.05, 0) is 62.8 Å². The van der Waals surface area contributed by atoms with Crippen molar-refractivity contribution in [3.63, 3.8) is 0 Å². The van der Waals surface area contributed by atoms with E-state index in [4.69, 9.17) is 0 Å². The molecule has 0 bridgehead atoms. The van der Waals surface area contributed by atoms with E-state index in [-0.39, 0.29) is 12.4 Å². The van der Waals surface area contributed by atoms with Crippen molar-refractivity contribution < 1.29 is 9.50 Å². The van der Waals surface area contributed by atoms with E-state index in [1.54, 1.807) is 16.8 Å². The molecule has 1 heterocycles. The summed E-state index contributed by atoms with van der Waals surface area (Å²) in [4.78, 5) is 0. The van der Waals surface area contributed by atoms with E-state index in [9.17, 15) is 9.50 Å². The number of halogens is 3. The summed E-state index contributed by atoms with van der Waals surface area (Å²) in [6.07, 6.45) is 0. The van der Waals surface area contributed by atoms with Crippen molar-refractivity contribution in [2.45, 2.75) is 6.61 Å². The van der Waals surface area contributed by atoms with Crippen LogP contribution >= 0.6 is 38.5 Å². The van der Waals surface area contributed by atoms with Crippen molar-refractivity contribution in [3.8, 4) is 5.69 Å². The van der Waals surface area contributed by atoms with E-state index < -0.39 is 0 Å². The maximum absolute atomic E-state index is 13.0. The Balaban J connectivity index is 2.57. The van der Waals surface area contributed by atoms with Crippen molar-refractivity contribution in [1.29, 1.82) is 0 Å². The topological polar surface area (TPSA) is 38.1 Å². The SMILES string of the molecule is OCc1cc(Br)nn1-c1ccc(F)cc1I. The van der Waals surface area contributed by atoms with Crippen molar-refractivity contribution in [2.75, 3.05) is 0 Å². The normalized spacial score (nSPS) is 10.8. The van der Waals surface area contributed by atoms with Gasteiger partial charge >= 0.3 is 0 Å². The van der Waals surface area contributed by atoms with Gasteiger partial charge in [0.05, 0.1) is 18.0 Å². The molecule has 1 aromatic heterocycles. The molecule has 0 saturated carbocycles. The fourth-order valence-electron chi connectivity index (χ4n) is 1.36. The number of hydrogen-bond acceptors (Lipinski definition) is 2. The van der Waals surface area contributed by atoms with E-state index in [2.05, 4.69) is 21.0 Å². The van der Waals surface area contributed by atoms with Gasteiger partial charge in [0.1, 0.15) is 10.4 Å². The highest BCUT2D eigenvalue weighted by atomic mass is 127. The van der Waals surface area contributed by atoms with Gasteiger partial charge in [-0.3, -0.25) is 0 Å². The first-order chi connectivity index (χ1) is 7.61. The van der Waals surface area contributed by atoms with Crippen LogP contribution in [0.5, 0.6) is 0 Å². The number of benzene rings is 1. The molecule has 0 aliphatic carbocycles. The van der Waals surface area contributed by atoms with Gasteiger partial charge in [0.25, 0.3) is 0 Å². The predicted molar refractivity (Wildman–Crippen MR) is 69.9 cm³/mol. The zero-order valence-electron chi connectivity index (χ0n) is 7.99.